The number of hydrogen-bond acceptors (Lipinski definition) is 5. The monoisotopic (exact) mass is 338 g/mol. The van der Waals surface area contributed by atoms with Crippen molar-refractivity contribution in [2.45, 2.75) is 45.1 Å². The summed E-state index contributed by atoms with van der Waals surface area (Å²) < 4.78 is 2.01. The van der Waals surface area contributed by atoms with Crippen LogP contribution in [0.2, 0.25) is 0 Å². The van der Waals surface area contributed by atoms with Crippen molar-refractivity contribution < 1.29 is 4.79 Å². The number of carbonyl (C=O) groups excluding carboxylic acids is 1. The van der Waals surface area contributed by atoms with E-state index in [1.807, 2.05) is 28.9 Å². The molecular weight excluding hydrogens is 316 g/mol. The first-order valence-corrected chi connectivity index (χ1v) is 9.15. The van der Waals surface area contributed by atoms with Crippen molar-refractivity contribution in [3.8, 4) is 0 Å². The Morgan fingerprint density at radius 1 is 1.12 bits per heavy atom. The number of carbonyl (C=O) groups is 1. The molecule has 2 aliphatic heterocycles. The number of rotatable bonds is 3. The molecule has 3 aliphatic rings. The fourth-order valence-corrected chi connectivity index (χ4v) is 4.18. The van der Waals surface area contributed by atoms with Gasteiger partial charge in [-0.25, -0.2) is 9.97 Å². The van der Waals surface area contributed by atoms with Gasteiger partial charge in [-0.1, -0.05) is 0 Å². The zero-order chi connectivity index (χ0) is 17.0. The molecule has 0 N–H and O–H groups in total. The SMILES string of the molecule is Cc1nc2c(c(N3CC(n4cc(N5CCCC5=O)cn4)C3)n1)CCC2. The first kappa shape index (κ1) is 14.9. The fraction of sp³-hybridized carbons (Fsp3) is 0.556. The first-order valence-electron chi connectivity index (χ1n) is 9.15. The fourth-order valence-electron chi connectivity index (χ4n) is 4.18. The minimum absolute atomic E-state index is 0.210. The summed E-state index contributed by atoms with van der Waals surface area (Å²) >= 11 is 0. The molecule has 0 radical (unpaired) electrons. The summed E-state index contributed by atoms with van der Waals surface area (Å²) in [6, 6.07) is 0.346. The van der Waals surface area contributed by atoms with E-state index >= 15 is 0 Å². The Morgan fingerprint density at radius 2 is 2.00 bits per heavy atom. The van der Waals surface area contributed by atoms with Crippen LogP contribution in [0.15, 0.2) is 12.4 Å². The van der Waals surface area contributed by atoms with Crippen LogP contribution < -0.4 is 9.80 Å². The lowest BCUT2D eigenvalue weighted by molar-refractivity contribution is -0.117. The normalized spacial score (nSPS) is 20.3. The molecular formula is C18H22N6O. The average Bonchev–Trinajstić information content (AvgIpc) is 3.25. The third-order valence-corrected chi connectivity index (χ3v) is 5.53. The van der Waals surface area contributed by atoms with Crippen molar-refractivity contribution in [3.05, 3.63) is 29.5 Å². The van der Waals surface area contributed by atoms with Crippen LogP contribution in [0.25, 0.3) is 0 Å². The zero-order valence-electron chi connectivity index (χ0n) is 14.5. The number of anilines is 2. The average molecular weight is 338 g/mol. The predicted octanol–water partition coefficient (Wildman–Crippen LogP) is 1.66. The number of hydrogen-bond donors (Lipinski definition) is 0. The second-order valence-electron chi connectivity index (χ2n) is 7.26. The lowest BCUT2D eigenvalue weighted by Crippen LogP contribution is -2.49. The van der Waals surface area contributed by atoms with Gasteiger partial charge in [0, 0.05) is 43.5 Å². The molecule has 25 heavy (non-hydrogen) atoms. The van der Waals surface area contributed by atoms with Crippen LogP contribution in [-0.4, -0.2) is 45.3 Å². The highest BCUT2D eigenvalue weighted by atomic mass is 16.2. The number of amides is 1. The molecule has 0 spiro atoms. The molecule has 7 nitrogen and oxygen atoms in total. The molecule has 2 fully saturated rings. The summed E-state index contributed by atoms with van der Waals surface area (Å²) in [6.45, 7) is 4.62. The lowest BCUT2D eigenvalue weighted by atomic mass is 10.1. The van der Waals surface area contributed by atoms with Gasteiger partial charge in [-0.2, -0.15) is 5.10 Å². The summed E-state index contributed by atoms with van der Waals surface area (Å²) in [5, 5.41) is 4.50. The van der Waals surface area contributed by atoms with E-state index in [9.17, 15) is 4.79 Å². The molecule has 130 valence electrons. The standard InChI is InChI=1S/C18H22N6O/c1-12-20-16-5-2-4-15(16)18(21-12)22-9-14(10-22)24-11-13(8-19-24)23-7-3-6-17(23)25/h8,11,14H,2-7,9-10H2,1H3. The Kier molecular flexibility index (Phi) is 3.29. The van der Waals surface area contributed by atoms with Crippen molar-refractivity contribution in [2.24, 2.45) is 0 Å². The van der Waals surface area contributed by atoms with Gasteiger partial charge in [0.15, 0.2) is 0 Å². The first-order chi connectivity index (χ1) is 12.2. The maximum Gasteiger partial charge on any atom is 0.227 e. The molecule has 4 heterocycles. The van der Waals surface area contributed by atoms with Gasteiger partial charge >= 0.3 is 0 Å². The summed E-state index contributed by atoms with van der Waals surface area (Å²) in [4.78, 5) is 25.4. The van der Waals surface area contributed by atoms with Gasteiger partial charge in [0.05, 0.1) is 17.9 Å². The molecule has 0 bridgehead atoms. The van der Waals surface area contributed by atoms with Gasteiger partial charge in [-0.3, -0.25) is 9.48 Å². The van der Waals surface area contributed by atoms with Crippen LogP contribution in [-0.2, 0) is 17.6 Å². The molecule has 2 aromatic heterocycles. The van der Waals surface area contributed by atoms with E-state index in [0.717, 1.165) is 56.2 Å². The molecule has 2 saturated heterocycles. The van der Waals surface area contributed by atoms with E-state index in [4.69, 9.17) is 4.98 Å². The molecule has 1 amide bonds. The van der Waals surface area contributed by atoms with Gasteiger partial charge in [-0.05, 0) is 32.6 Å². The summed E-state index contributed by atoms with van der Waals surface area (Å²) in [5.74, 6) is 2.20. The Hall–Kier alpha value is -2.44. The number of aromatic nitrogens is 4. The molecule has 2 aromatic rings. The summed E-state index contributed by atoms with van der Waals surface area (Å²) in [5.41, 5.74) is 3.51. The minimum atomic E-state index is 0.210. The van der Waals surface area contributed by atoms with E-state index in [1.54, 1.807) is 0 Å². The van der Waals surface area contributed by atoms with E-state index < -0.39 is 0 Å². The highest BCUT2D eigenvalue weighted by Gasteiger charge is 2.34. The van der Waals surface area contributed by atoms with Crippen LogP contribution >= 0.6 is 0 Å². The zero-order valence-corrected chi connectivity index (χ0v) is 14.5. The molecule has 0 saturated carbocycles. The van der Waals surface area contributed by atoms with Gasteiger partial charge in [0.1, 0.15) is 11.6 Å². The molecule has 0 unspecified atom stereocenters. The van der Waals surface area contributed by atoms with Crippen LogP contribution in [0.1, 0.15) is 42.4 Å². The highest BCUT2D eigenvalue weighted by molar-refractivity contribution is 5.95. The van der Waals surface area contributed by atoms with Gasteiger partial charge < -0.3 is 9.80 Å². The predicted molar refractivity (Wildman–Crippen MR) is 93.9 cm³/mol. The maximum absolute atomic E-state index is 11.9. The van der Waals surface area contributed by atoms with Gasteiger partial charge in [0.2, 0.25) is 5.91 Å². The van der Waals surface area contributed by atoms with Gasteiger partial charge in [-0.15, -0.1) is 0 Å². The van der Waals surface area contributed by atoms with Crippen molar-refractivity contribution in [1.82, 2.24) is 19.7 Å². The summed E-state index contributed by atoms with van der Waals surface area (Å²) in [6.07, 6.45) is 8.79. The topological polar surface area (TPSA) is 67.2 Å². The lowest BCUT2D eigenvalue weighted by Gasteiger charge is -2.41. The maximum atomic E-state index is 11.9. The Bertz CT molecular complexity index is 838. The Balaban J connectivity index is 1.31. The van der Waals surface area contributed by atoms with E-state index in [2.05, 4.69) is 15.0 Å². The van der Waals surface area contributed by atoms with Crippen molar-refractivity contribution in [3.63, 3.8) is 0 Å². The Morgan fingerprint density at radius 3 is 2.80 bits per heavy atom. The second-order valence-corrected chi connectivity index (χ2v) is 7.26. The number of nitrogens with zero attached hydrogens (tertiary/aromatic N) is 6. The number of fused-ring (bicyclic) bond motifs is 1. The van der Waals surface area contributed by atoms with Crippen LogP contribution in [0.3, 0.4) is 0 Å². The molecule has 7 heteroatoms. The van der Waals surface area contributed by atoms with E-state index in [-0.39, 0.29) is 5.91 Å². The molecule has 0 atom stereocenters. The Labute approximate surface area is 146 Å². The van der Waals surface area contributed by atoms with Crippen molar-refractivity contribution >= 4 is 17.4 Å². The van der Waals surface area contributed by atoms with Crippen LogP contribution in [0.5, 0.6) is 0 Å². The quantitative estimate of drug-likeness (QED) is 0.851. The third-order valence-electron chi connectivity index (χ3n) is 5.53. The number of aryl methyl sites for hydroxylation is 2. The molecule has 5 rings (SSSR count). The van der Waals surface area contributed by atoms with Gasteiger partial charge in [0.25, 0.3) is 0 Å². The minimum Gasteiger partial charge on any atom is -0.352 e. The smallest absolute Gasteiger partial charge is 0.227 e. The van der Waals surface area contributed by atoms with Crippen molar-refractivity contribution in [1.29, 1.82) is 0 Å². The van der Waals surface area contributed by atoms with E-state index in [0.29, 0.717) is 12.5 Å². The van der Waals surface area contributed by atoms with Crippen molar-refractivity contribution in [2.75, 3.05) is 29.4 Å². The van der Waals surface area contributed by atoms with Crippen LogP contribution in [0, 0.1) is 6.92 Å². The third kappa shape index (κ3) is 2.41. The molecule has 1 aliphatic carbocycles. The summed E-state index contributed by atoms with van der Waals surface area (Å²) in [7, 11) is 0. The largest absolute Gasteiger partial charge is 0.352 e. The molecule has 0 aromatic carbocycles. The van der Waals surface area contributed by atoms with E-state index in [1.165, 1.54) is 17.7 Å². The van der Waals surface area contributed by atoms with Crippen LogP contribution in [0.4, 0.5) is 11.5 Å². The highest BCUT2D eigenvalue weighted by Crippen LogP contribution is 2.34. The second kappa shape index (κ2) is 5.54.